The maximum atomic E-state index is 12.2. The van der Waals surface area contributed by atoms with Crippen molar-refractivity contribution in [2.45, 2.75) is 25.3 Å². The molecule has 0 amide bonds. The van der Waals surface area contributed by atoms with Gasteiger partial charge < -0.3 is 10.2 Å². The summed E-state index contributed by atoms with van der Waals surface area (Å²) in [5.41, 5.74) is 6.69. The summed E-state index contributed by atoms with van der Waals surface area (Å²) in [6.07, 6.45) is 0. The molecule has 7 nitrogen and oxygen atoms in total. The summed E-state index contributed by atoms with van der Waals surface area (Å²) in [6, 6.07) is 5.89. The summed E-state index contributed by atoms with van der Waals surface area (Å²) in [5.74, 6) is 0.919. The molecule has 8 heteroatoms. The van der Waals surface area contributed by atoms with Crippen LogP contribution in [0.4, 0.5) is 5.69 Å². The Bertz CT molecular complexity index is 799. The van der Waals surface area contributed by atoms with Gasteiger partial charge in [0, 0.05) is 0 Å². The molecule has 0 aliphatic carbocycles. The van der Waals surface area contributed by atoms with Crippen molar-refractivity contribution in [1.82, 2.24) is 9.71 Å². The number of aryl methyl sites for hydroxylation is 2. The molecular weight excluding hydrogens is 292 g/mol. The van der Waals surface area contributed by atoms with E-state index in [1.54, 1.807) is 13.8 Å². The zero-order chi connectivity index (χ0) is 15.6. The summed E-state index contributed by atoms with van der Waals surface area (Å²) < 4.78 is 32.0. The fraction of sp³-hybridized carbons (Fsp3) is 0.231. The topological polar surface area (TPSA) is 122 Å². The van der Waals surface area contributed by atoms with E-state index in [0.29, 0.717) is 17.0 Å². The first-order valence-electron chi connectivity index (χ1n) is 6.05. The Morgan fingerprint density at radius 3 is 2.67 bits per heavy atom. The summed E-state index contributed by atoms with van der Waals surface area (Å²) in [7, 11) is -3.80. The zero-order valence-electron chi connectivity index (χ0n) is 11.5. The molecule has 0 saturated carbocycles. The van der Waals surface area contributed by atoms with Gasteiger partial charge in [0.1, 0.15) is 10.7 Å². The number of nitrogens with zero attached hydrogens (tertiary/aromatic N) is 2. The van der Waals surface area contributed by atoms with Crippen LogP contribution in [0.15, 0.2) is 27.5 Å². The van der Waals surface area contributed by atoms with Crippen molar-refractivity contribution in [3.63, 3.8) is 0 Å². The number of hydrogen-bond acceptors (Lipinski definition) is 6. The zero-order valence-corrected chi connectivity index (χ0v) is 12.4. The normalized spacial score (nSPS) is 11.3. The lowest BCUT2D eigenvalue weighted by atomic mass is 10.2. The average molecular weight is 306 g/mol. The molecule has 0 atom stereocenters. The van der Waals surface area contributed by atoms with Crippen LogP contribution in [0.5, 0.6) is 0 Å². The van der Waals surface area contributed by atoms with Gasteiger partial charge in [0.2, 0.25) is 15.9 Å². The second kappa shape index (κ2) is 5.55. The van der Waals surface area contributed by atoms with Gasteiger partial charge in [0.05, 0.1) is 29.6 Å². The molecule has 0 saturated heterocycles. The third-order valence-corrected chi connectivity index (χ3v) is 4.39. The predicted octanol–water partition coefficient (Wildman–Crippen LogP) is 1.22. The van der Waals surface area contributed by atoms with E-state index in [1.807, 2.05) is 6.07 Å². The first-order chi connectivity index (χ1) is 9.83. The van der Waals surface area contributed by atoms with E-state index in [1.165, 1.54) is 18.2 Å². The van der Waals surface area contributed by atoms with Crippen LogP contribution in [0.2, 0.25) is 0 Å². The van der Waals surface area contributed by atoms with Crippen LogP contribution >= 0.6 is 0 Å². The summed E-state index contributed by atoms with van der Waals surface area (Å²) in [5, 5.41) is 8.74. The molecule has 0 spiro atoms. The molecule has 0 fully saturated rings. The molecule has 1 heterocycles. The molecule has 0 aliphatic heterocycles. The highest BCUT2D eigenvalue weighted by Crippen LogP contribution is 2.19. The lowest BCUT2D eigenvalue weighted by molar-refractivity contribution is 0.463. The maximum Gasteiger partial charge on any atom is 0.243 e. The van der Waals surface area contributed by atoms with Gasteiger partial charge in [-0.1, -0.05) is 0 Å². The van der Waals surface area contributed by atoms with Gasteiger partial charge in [-0.15, -0.1) is 0 Å². The summed E-state index contributed by atoms with van der Waals surface area (Å²) in [6.45, 7) is 3.45. The highest BCUT2D eigenvalue weighted by atomic mass is 32.2. The Balaban J connectivity index is 2.21. The van der Waals surface area contributed by atoms with Crippen LogP contribution in [0.1, 0.15) is 22.9 Å². The second-order valence-electron chi connectivity index (χ2n) is 4.44. The van der Waals surface area contributed by atoms with Crippen molar-refractivity contribution in [3.05, 3.63) is 41.1 Å². The Kier molecular flexibility index (Phi) is 3.97. The minimum Gasteiger partial charge on any atom is -0.444 e. The predicted molar refractivity (Wildman–Crippen MR) is 75.6 cm³/mol. The number of rotatable bonds is 4. The highest BCUT2D eigenvalue weighted by molar-refractivity contribution is 7.89. The standard InChI is InChI=1S/C13H14N4O3S/c1-8-9(2)20-13(17-8)7-16-21(18,19)12-4-3-10(6-14)5-11(12)15/h3-5,16H,7,15H2,1-2H3. The van der Waals surface area contributed by atoms with Crippen LogP contribution < -0.4 is 10.5 Å². The number of benzene rings is 1. The van der Waals surface area contributed by atoms with Crippen molar-refractivity contribution in [3.8, 4) is 6.07 Å². The second-order valence-corrected chi connectivity index (χ2v) is 6.17. The largest absolute Gasteiger partial charge is 0.444 e. The van der Waals surface area contributed by atoms with E-state index in [4.69, 9.17) is 15.4 Å². The van der Waals surface area contributed by atoms with Gasteiger partial charge in [-0.3, -0.25) is 0 Å². The van der Waals surface area contributed by atoms with Crippen LogP contribution in [-0.2, 0) is 16.6 Å². The Morgan fingerprint density at radius 2 is 2.14 bits per heavy atom. The number of nitrogen functional groups attached to an aromatic ring is 1. The van der Waals surface area contributed by atoms with Crippen molar-refractivity contribution >= 4 is 15.7 Å². The molecule has 0 radical (unpaired) electrons. The number of nitriles is 1. The molecule has 3 N–H and O–H groups in total. The Labute approximate surface area is 122 Å². The number of hydrogen-bond donors (Lipinski definition) is 2. The molecule has 110 valence electrons. The highest BCUT2D eigenvalue weighted by Gasteiger charge is 2.18. The summed E-state index contributed by atoms with van der Waals surface area (Å²) in [4.78, 5) is 4.01. The molecule has 2 aromatic rings. The number of nitrogens with one attached hydrogen (secondary N) is 1. The first-order valence-corrected chi connectivity index (χ1v) is 7.54. The smallest absolute Gasteiger partial charge is 0.243 e. The van der Waals surface area contributed by atoms with Gasteiger partial charge in [0.25, 0.3) is 0 Å². The minimum atomic E-state index is -3.80. The van der Waals surface area contributed by atoms with Crippen LogP contribution in [-0.4, -0.2) is 13.4 Å². The molecule has 0 unspecified atom stereocenters. The monoisotopic (exact) mass is 306 g/mol. The van der Waals surface area contributed by atoms with Gasteiger partial charge in [-0.05, 0) is 32.0 Å². The van der Waals surface area contributed by atoms with E-state index in [-0.39, 0.29) is 23.0 Å². The number of oxazole rings is 1. The van der Waals surface area contributed by atoms with Crippen LogP contribution in [0.3, 0.4) is 0 Å². The van der Waals surface area contributed by atoms with Crippen LogP contribution in [0.25, 0.3) is 0 Å². The minimum absolute atomic E-state index is 0.0151. The fourth-order valence-corrected chi connectivity index (χ4v) is 2.80. The molecule has 1 aromatic carbocycles. The van der Waals surface area contributed by atoms with Crippen molar-refractivity contribution in [2.24, 2.45) is 0 Å². The summed E-state index contributed by atoms with van der Waals surface area (Å²) >= 11 is 0. The number of sulfonamides is 1. The van der Waals surface area contributed by atoms with E-state index in [0.717, 1.165) is 0 Å². The SMILES string of the molecule is Cc1nc(CNS(=O)(=O)c2ccc(C#N)cc2N)oc1C. The fourth-order valence-electron chi connectivity index (χ4n) is 1.71. The number of aromatic nitrogens is 1. The van der Waals surface area contributed by atoms with E-state index in [9.17, 15) is 8.42 Å². The lowest BCUT2D eigenvalue weighted by Gasteiger charge is -2.07. The van der Waals surface area contributed by atoms with Crippen molar-refractivity contribution < 1.29 is 12.8 Å². The Morgan fingerprint density at radius 1 is 1.43 bits per heavy atom. The lowest BCUT2D eigenvalue weighted by Crippen LogP contribution is -2.24. The molecule has 0 bridgehead atoms. The average Bonchev–Trinajstić information content (AvgIpc) is 2.75. The van der Waals surface area contributed by atoms with Crippen LogP contribution in [0, 0.1) is 25.2 Å². The molecule has 2 rings (SSSR count). The first kappa shape index (κ1) is 15.0. The molecule has 0 aliphatic rings. The third kappa shape index (κ3) is 3.21. The van der Waals surface area contributed by atoms with Gasteiger partial charge in [-0.2, -0.15) is 5.26 Å². The van der Waals surface area contributed by atoms with Crippen molar-refractivity contribution in [2.75, 3.05) is 5.73 Å². The molecular formula is C13H14N4O3S. The van der Waals surface area contributed by atoms with E-state index < -0.39 is 10.0 Å². The van der Waals surface area contributed by atoms with Gasteiger partial charge in [-0.25, -0.2) is 18.1 Å². The van der Waals surface area contributed by atoms with E-state index >= 15 is 0 Å². The third-order valence-electron chi connectivity index (χ3n) is 2.91. The quantitative estimate of drug-likeness (QED) is 0.819. The number of nitrogens with two attached hydrogens (primary N) is 1. The maximum absolute atomic E-state index is 12.2. The van der Waals surface area contributed by atoms with Crippen molar-refractivity contribution in [1.29, 1.82) is 5.26 Å². The molecule has 1 aromatic heterocycles. The molecule has 21 heavy (non-hydrogen) atoms. The Hall–Kier alpha value is -2.37. The van der Waals surface area contributed by atoms with E-state index in [2.05, 4.69) is 9.71 Å². The number of anilines is 1. The van der Waals surface area contributed by atoms with Gasteiger partial charge in [0.15, 0.2) is 0 Å². The van der Waals surface area contributed by atoms with Gasteiger partial charge >= 0.3 is 0 Å².